The Hall–Kier alpha value is -1.35. The Morgan fingerprint density at radius 3 is 2.57 bits per heavy atom. The van der Waals surface area contributed by atoms with E-state index in [2.05, 4.69) is 0 Å². The van der Waals surface area contributed by atoms with Crippen molar-refractivity contribution in [1.29, 1.82) is 0 Å². The monoisotopic (exact) mass is 193 g/mol. The van der Waals surface area contributed by atoms with Crippen molar-refractivity contribution in [2.24, 2.45) is 0 Å². The van der Waals surface area contributed by atoms with Crippen LogP contribution in [0.4, 0.5) is 0 Å². The van der Waals surface area contributed by atoms with E-state index in [9.17, 15) is 9.90 Å². The first-order valence-electron chi connectivity index (χ1n) is 4.52. The standard InChI is InChI=1S/C11H15NO2/c1-8(13)9-5-4-6-10(7-9)11(14)12(2)3/h4-8,13H,1-3H3. The first-order chi connectivity index (χ1) is 6.52. The van der Waals surface area contributed by atoms with E-state index in [0.29, 0.717) is 5.56 Å². The van der Waals surface area contributed by atoms with Crippen LogP contribution in [0.15, 0.2) is 24.3 Å². The van der Waals surface area contributed by atoms with Gasteiger partial charge >= 0.3 is 0 Å². The molecular weight excluding hydrogens is 178 g/mol. The fourth-order valence-corrected chi connectivity index (χ4v) is 1.19. The molecule has 1 unspecified atom stereocenters. The van der Waals surface area contributed by atoms with Gasteiger partial charge in [-0.2, -0.15) is 0 Å². The first-order valence-corrected chi connectivity index (χ1v) is 4.52. The highest BCUT2D eigenvalue weighted by Crippen LogP contribution is 2.14. The second-order valence-electron chi connectivity index (χ2n) is 3.50. The number of carbonyl (C=O) groups is 1. The van der Waals surface area contributed by atoms with Gasteiger partial charge in [0.2, 0.25) is 0 Å². The van der Waals surface area contributed by atoms with Gasteiger partial charge in [0.05, 0.1) is 6.10 Å². The molecule has 1 amide bonds. The van der Waals surface area contributed by atoms with Crippen molar-refractivity contribution in [2.45, 2.75) is 13.0 Å². The van der Waals surface area contributed by atoms with Gasteiger partial charge in [-0.3, -0.25) is 4.79 Å². The van der Waals surface area contributed by atoms with E-state index in [1.807, 2.05) is 0 Å². The number of rotatable bonds is 2. The largest absolute Gasteiger partial charge is 0.389 e. The van der Waals surface area contributed by atoms with Gasteiger partial charge in [-0.05, 0) is 24.6 Å². The SMILES string of the molecule is CC(O)c1cccc(C(=O)N(C)C)c1. The molecule has 0 spiro atoms. The van der Waals surface area contributed by atoms with E-state index >= 15 is 0 Å². The summed E-state index contributed by atoms with van der Waals surface area (Å²) in [4.78, 5) is 13.1. The third kappa shape index (κ3) is 2.33. The van der Waals surface area contributed by atoms with Gasteiger partial charge in [-0.15, -0.1) is 0 Å². The highest BCUT2D eigenvalue weighted by Gasteiger charge is 2.09. The molecular formula is C11H15NO2. The number of amides is 1. The smallest absolute Gasteiger partial charge is 0.253 e. The van der Waals surface area contributed by atoms with Crippen LogP contribution in [0.1, 0.15) is 28.9 Å². The average molecular weight is 193 g/mol. The predicted octanol–water partition coefficient (Wildman–Crippen LogP) is 1.44. The minimum atomic E-state index is -0.537. The highest BCUT2D eigenvalue weighted by molar-refractivity contribution is 5.94. The van der Waals surface area contributed by atoms with Gasteiger partial charge in [0.25, 0.3) is 5.91 Å². The van der Waals surface area contributed by atoms with Crippen LogP contribution in [-0.2, 0) is 0 Å². The zero-order valence-corrected chi connectivity index (χ0v) is 8.69. The van der Waals surface area contributed by atoms with E-state index in [1.54, 1.807) is 45.3 Å². The molecule has 76 valence electrons. The Balaban J connectivity index is 3.00. The lowest BCUT2D eigenvalue weighted by Crippen LogP contribution is -2.21. The molecule has 1 N–H and O–H groups in total. The molecule has 0 aliphatic carbocycles. The Labute approximate surface area is 84.0 Å². The number of aliphatic hydroxyl groups is 1. The van der Waals surface area contributed by atoms with Crippen molar-refractivity contribution < 1.29 is 9.90 Å². The van der Waals surface area contributed by atoms with Crippen LogP contribution in [0.3, 0.4) is 0 Å². The van der Waals surface area contributed by atoms with Crippen molar-refractivity contribution in [3.63, 3.8) is 0 Å². The number of hydrogen-bond acceptors (Lipinski definition) is 2. The molecule has 1 atom stereocenters. The summed E-state index contributed by atoms with van der Waals surface area (Å²) in [5, 5.41) is 9.34. The minimum absolute atomic E-state index is 0.0486. The van der Waals surface area contributed by atoms with Crippen molar-refractivity contribution in [3.05, 3.63) is 35.4 Å². The summed E-state index contributed by atoms with van der Waals surface area (Å²) in [5.74, 6) is -0.0486. The zero-order chi connectivity index (χ0) is 10.7. The maximum absolute atomic E-state index is 11.6. The Kier molecular flexibility index (Phi) is 3.25. The first kappa shape index (κ1) is 10.7. The van der Waals surface area contributed by atoms with Crippen LogP contribution >= 0.6 is 0 Å². The molecule has 0 aromatic heterocycles. The lowest BCUT2D eigenvalue weighted by atomic mass is 10.1. The number of hydrogen-bond donors (Lipinski definition) is 1. The maximum Gasteiger partial charge on any atom is 0.253 e. The lowest BCUT2D eigenvalue weighted by Gasteiger charge is -2.11. The summed E-state index contributed by atoms with van der Waals surface area (Å²) in [6.07, 6.45) is -0.537. The zero-order valence-electron chi connectivity index (χ0n) is 8.69. The van der Waals surface area contributed by atoms with Crippen LogP contribution in [-0.4, -0.2) is 30.0 Å². The molecule has 0 saturated carbocycles. The second-order valence-corrected chi connectivity index (χ2v) is 3.50. The van der Waals surface area contributed by atoms with E-state index in [-0.39, 0.29) is 5.91 Å². The molecule has 1 aromatic carbocycles. The van der Waals surface area contributed by atoms with E-state index in [0.717, 1.165) is 5.56 Å². The predicted molar refractivity (Wildman–Crippen MR) is 55.1 cm³/mol. The highest BCUT2D eigenvalue weighted by atomic mass is 16.3. The third-order valence-electron chi connectivity index (χ3n) is 2.02. The number of aliphatic hydroxyl groups excluding tert-OH is 1. The van der Waals surface area contributed by atoms with Gasteiger partial charge < -0.3 is 10.0 Å². The van der Waals surface area contributed by atoms with Gasteiger partial charge in [0, 0.05) is 19.7 Å². The van der Waals surface area contributed by atoms with Gasteiger partial charge in [-0.25, -0.2) is 0 Å². The molecule has 0 aliphatic rings. The minimum Gasteiger partial charge on any atom is -0.389 e. The van der Waals surface area contributed by atoms with E-state index in [4.69, 9.17) is 0 Å². The van der Waals surface area contributed by atoms with Crippen molar-refractivity contribution in [3.8, 4) is 0 Å². The normalized spacial score (nSPS) is 12.3. The molecule has 0 radical (unpaired) electrons. The second kappa shape index (κ2) is 4.24. The third-order valence-corrected chi connectivity index (χ3v) is 2.02. The van der Waals surface area contributed by atoms with E-state index < -0.39 is 6.10 Å². The summed E-state index contributed by atoms with van der Waals surface area (Å²) in [6.45, 7) is 1.68. The van der Waals surface area contributed by atoms with Gasteiger partial charge in [-0.1, -0.05) is 12.1 Å². The molecule has 1 rings (SSSR count). The summed E-state index contributed by atoms with van der Waals surface area (Å²) < 4.78 is 0. The van der Waals surface area contributed by atoms with Crippen LogP contribution in [0.2, 0.25) is 0 Å². The summed E-state index contributed by atoms with van der Waals surface area (Å²) in [5.41, 5.74) is 1.37. The molecule has 0 aliphatic heterocycles. The van der Waals surface area contributed by atoms with Crippen molar-refractivity contribution in [1.82, 2.24) is 4.90 Å². The number of carbonyl (C=O) groups excluding carboxylic acids is 1. The fraction of sp³-hybridized carbons (Fsp3) is 0.364. The van der Waals surface area contributed by atoms with Crippen LogP contribution in [0.25, 0.3) is 0 Å². The maximum atomic E-state index is 11.6. The molecule has 14 heavy (non-hydrogen) atoms. The van der Waals surface area contributed by atoms with E-state index in [1.165, 1.54) is 4.90 Å². The molecule has 0 fully saturated rings. The molecule has 0 saturated heterocycles. The Morgan fingerprint density at radius 1 is 1.43 bits per heavy atom. The summed E-state index contributed by atoms with van der Waals surface area (Å²) in [6, 6.07) is 7.04. The summed E-state index contributed by atoms with van der Waals surface area (Å²) >= 11 is 0. The average Bonchev–Trinajstić information content (AvgIpc) is 2.16. The molecule has 0 bridgehead atoms. The van der Waals surface area contributed by atoms with Crippen molar-refractivity contribution in [2.75, 3.05) is 14.1 Å². The molecule has 1 aromatic rings. The molecule has 3 heteroatoms. The van der Waals surface area contributed by atoms with Gasteiger partial charge in [0.15, 0.2) is 0 Å². The quantitative estimate of drug-likeness (QED) is 0.772. The number of benzene rings is 1. The molecule has 3 nitrogen and oxygen atoms in total. The van der Waals surface area contributed by atoms with Crippen LogP contribution < -0.4 is 0 Å². The fourth-order valence-electron chi connectivity index (χ4n) is 1.19. The van der Waals surface area contributed by atoms with Crippen LogP contribution in [0, 0.1) is 0 Å². The van der Waals surface area contributed by atoms with Crippen molar-refractivity contribution >= 4 is 5.91 Å². The lowest BCUT2D eigenvalue weighted by molar-refractivity contribution is 0.0827. The Bertz CT molecular complexity index is 332. The van der Waals surface area contributed by atoms with Crippen LogP contribution in [0.5, 0.6) is 0 Å². The number of nitrogens with zero attached hydrogens (tertiary/aromatic N) is 1. The molecule has 0 heterocycles. The summed E-state index contributed by atoms with van der Waals surface area (Å²) in [7, 11) is 3.41. The Morgan fingerprint density at radius 2 is 2.07 bits per heavy atom. The topological polar surface area (TPSA) is 40.5 Å². The van der Waals surface area contributed by atoms with Gasteiger partial charge in [0.1, 0.15) is 0 Å².